The Labute approximate surface area is 152 Å². The van der Waals surface area contributed by atoms with Crippen LogP contribution in [0, 0.1) is 11.3 Å². The zero-order valence-corrected chi connectivity index (χ0v) is 15.1. The van der Waals surface area contributed by atoms with Gasteiger partial charge in [-0.3, -0.25) is 4.79 Å². The van der Waals surface area contributed by atoms with E-state index in [1.807, 2.05) is 25.1 Å². The Morgan fingerprint density at radius 3 is 3.08 bits per heavy atom. The van der Waals surface area contributed by atoms with E-state index in [1.165, 1.54) is 0 Å². The molecule has 0 spiro atoms. The molecular weight excluding hydrogens is 382 g/mol. The fourth-order valence-electron chi connectivity index (χ4n) is 3.36. The third-order valence-electron chi connectivity index (χ3n) is 4.61. The van der Waals surface area contributed by atoms with Gasteiger partial charge in [0.15, 0.2) is 11.3 Å². The maximum absolute atomic E-state index is 13.0. The summed E-state index contributed by atoms with van der Waals surface area (Å²) in [5.74, 6) is -0.123. The van der Waals surface area contributed by atoms with Gasteiger partial charge in [0.2, 0.25) is 0 Å². The second kappa shape index (κ2) is 5.97. The molecule has 0 N–H and O–H groups in total. The Hall–Kier alpha value is -2.72. The summed E-state index contributed by atoms with van der Waals surface area (Å²) < 4.78 is 2.39. The average molecular weight is 396 g/mol. The topological polar surface area (TPSA) is 74.3 Å². The minimum absolute atomic E-state index is 0.103. The van der Waals surface area contributed by atoms with E-state index in [9.17, 15) is 10.1 Å². The van der Waals surface area contributed by atoms with Crippen molar-refractivity contribution >= 4 is 27.5 Å². The highest BCUT2D eigenvalue weighted by atomic mass is 79.9. The molecule has 0 bridgehead atoms. The predicted molar refractivity (Wildman–Crippen MR) is 95.0 cm³/mol. The molecule has 124 valence electrons. The zero-order valence-electron chi connectivity index (χ0n) is 13.5. The number of benzene rings is 1. The lowest BCUT2D eigenvalue weighted by molar-refractivity contribution is 0.0671. The summed E-state index contributed by atoms with van der Waals surface area (Å²) in [6.07, 6.45) is 4.12. The Balaban J connectivity index is 1.69. The first-order valence-electron chi connectivity index (χ1n) is 7.92. The molecule has 7 heteroatoms. The van der Waals surface area contributed by atoms with Gasteiger partial charge in [-0.05, 0) is 46.5 Å². The molecule has 25 heavy (non-hydrogen) atoms. The summed E-state index contributed by atoms with van der Waals surface area (Å²) >= 11 is 3.35. The Bertz CT molecular complexity index is 1040. The second-order valence-electron chi connectivity index (χ2n) is 6.01. The van der Waals surface area contributed by atoms with E-state index in [4.69, 9.17) is 0 Å². The smallest absolute Gasteiger partial charge is 0.274 e. The second-order valence-corrected chi connectivity index (χ2v) is 6.93. The summed E-state index contributed by atoms with van der Waals surface area (Å²) in [5, 5.41) is 13.6. The first-order chi connectivity index (χ1) is 12.1. The number of carbonyl (C=O) groups is 1. The highest BCUT2D eigenvalue weighted by Gasteiger charge is 2.30. The monoisotopic (exact) mass is 395 g/mol. The van der Waals surface area contributed by atoms with Gasteiger partial charge in [0.25, 0.3) is 5.91 Å². The molecule has 1 aromatic carbocycles. The Morgan fingerprint density at radius 1 is 1.44 bits per heavy atom. The van der Waals surface area contributed by atoms with Gasteiger partial charge in [0, 0.05) is 25.0 Å². The molecule has 3 aromatic rings. The van der Waals surface area contributed by atoms with Crippen LogP contribution in [0.5, 0.6) is 0 Å². The SMILES string of the molecule is CC1c2cccc(C#N)c2CCN1C(=O)c1cc2ncc(Br)cn2n1. The van der Waals surface area contributed by atoms with E-state index in [2.05, 4.69) is 32.1 Å². The Morgan fingerprint density at radius 2 is 2.28 bits per heavy atom. The molecule has 1 amide bonds. The molecule has 1 aliphatic rings. The number of amides is 1. The van der Waals surface area contributed by atoms with Crippen LogP contribution in [0.15, 0.2) is 41.1 Å². The Kier molecular flexibility index (Phi) is 3.77. The van der Waals surface area contributed by atoms with Crippen molar-refractivity contribution < 1.29 is 4.79 Å². The largest absolute Gasteiger partial charge is 0.330 e. The fraction of sp³-hybridized carbons (Fsp3) is 0.222. The molecule has 0 saturated carbocycles. The number of hydrogen-bond donors (Lipinski definition) is 0. The van der Waals surface area contributed by atoms with E-state index < -0.39 is 0 Å². The van der Waals surface area contributed by atoms with Crippen LogP contribution in [0.3, 0.4) is 0 Å². The van der Waals surface area contributed by atoms with Crippen LogP contribution < -0.4 is 0 Å². The number of rotatable bonds is 1. The summed E-state index contributed by atoms with van der Waals surface area (Å²) in [6, 6.07) is 9.52. The van der Waals surface area contributed by atoms with Crippen molar-refractivity contribution in [3.8, 4) is 6.07 Å². The van der Waals surface area contributed by atoms with Crippen molar-refractivity contribution in [1.29, 1.82) is 5.26 Å². The summed E-state index contributed by atoms with van der Waals surface area (Å²) in [7, 11) is 0. The van der Waals surface area contributed by atoms with Crippen molar-refractivity contribution in [2.75, 3.05) is 6.54 Å². The molecule has 1 unspecified atom stereocenters. The molecule has 0 aliphatic carbocycles. The van der Waals surface area contributed by atoms with E-state index in [1.54, 1.807) is 27.9 Å². The highest BCUT2D eigenvalue weighted by Crippen LogP contribution is 2.32. The maximum Gasteiger partial charge on any atom is 0.274 e. The number of aromatic nitrogens is 3. The number of nitriles is 1. The summed E-state index contributed by atoms with van der Waals surface area (Å²) in [4.78, 5) is 19.0. The highest BCUT2D eigenvalue weighted by molar-refractivity contribution is 9.10. The van der Waals surface area contributed by atoms with Crippen molar-refractivity contribution in [3.05, 3.63) is 63.5 Å². The lowest BCUT2D eigenvalue weighted by atomic mass is 9.90. The maximum atomic E-state index is 13.0. The predicted octanol–water partition coefficient (Wildman–Crippen LogP) is 3.12. The third-order valence-corrected chi connectivity index (χ3v) is 5.02. The first-order valence-corrected chi connectivity index (χ1v) is 8.71. The molecule has 0 radical (unpaired) electrons. The van der Waals surface area contributed by atoms with Gasteiger partial charge < -0.3 is 4.90 Å². The molecule has 1 aliphatic heterocycles. The van der Waals surface area contributed by atoms with Crippen LogP contribution in [-0.4, -0.2) is 31.9 Å². The molecule has 0 fully saturated rings. The lowest BCUT2D eigenvalue weighted by Gasteiger charge is -2.35. The van der Waals surface area contributed by atoms with E-state index in [0.717, 1.165) is 15.6 Å². The first kappa shape index (κ1) is 15.8. The number of nitrogens with zero attached hydrogens (tertiary/aromatic N) is 5. The number of halogens is 1. The van der Waals surface area contributed by atoms with Crippen molar-refractivity contribution in [2.24, 2.45) is 0 Å². The lowest BCUT2D eigenvalue weighted by Crippen LogP contribution is -2.39. The standard InChI is InChI=1S/C18H14BrN5O/c1-11-14-4-2-3-12(8-20)15(14)5-6-23(11)18(25)16-7-17-21-9-13(19)10-24(17)22-16/h2-4,7,9-11H,5-6H2,1H3. The fourth-order valence-corrected chi connectivity index (χ4v) is 3.65. The normalized spacial score (nSPS) is 16.5. The third kappa shape index (κ3) is 2.59. The van der Waals surface area contributed by atoms with Gasteiger partial charge in [-0.1, -0.05) is 12.1 Å². The van der Waals surface area contributed by atoms with Gasteiger partial charge in [-0.25, -0.2) is 9.50 Å². The van der Waals surface area contributed by atoms with Crippen LogP contribution >= 0.6 is 15.9 Å². The molecule has 0 saturated heterocycles. The zero-order chi connectivity index (χ0) is 17.6. The molecule has 2 aromatic heterocycles. The van der Waals surface area contributed by atoms with Crippen LogP contribution in [0.25, 0.3) is 5.65 Å². The molecule has 4 rings (SSSR count). The number of carbonyl (C=O) groups excluding carboxylic acids is 1. The van der Waals surface area contributed by atoms with Crippen LogP contribution in [0.1, 0.15) is 40.1 Å². The van der Waals surface area contributed by atoms with Gasteiger partial charge in [0.05, 0.1) is 22.1 Å². The average Bonchev–Trinajstić information content (AvgIpc) is 3.04. The molecular formula is C18H14BrN5O. The van der Waals surface area contributed by atoms with Crippen molar-refractivity contribution in [3.63, 3.8) is 0 Å². The van der Waals surface area contributed by atoms with Gasteiger partial charge in [-0.2, -0.15) is 10.4 Å². The minimum Gasteiger partial charge on any atom is -0.330 e. The van der Waals surface area contributed by atoms with Crippen LogP contribution in [0.4, 0.5) is 0 Å². The van der Waals surface area contributed by atoms with E-state index >= 15 is 0 Å². The van der Waals surface area contributed by atoms with Gasteiger partial charge in [-0.15, -0.1) is 0 Å². The van der Waals surface area contributed by atoms with E-state index in [-0.39, 0.29) is 11.9 Å². The van der Waals surface area contributed by atoms with Crippen molar-refractivity contribution in [1.82, 2.24) is 19.5 Å². The van der Waals surface area contributed by atoms with Crippen LogP contribution in [-0.2, 0) is 6.42 Å². The number of hydrogen-bond acceptors (Lipinski definition) is 4. The quantitative estimate of drug-likeness (QED) is 0.634. The van der Waals surface area contributed by atoms with Gasteiger partial charge in [0.1, 0.15) is 0 Å². The summed E-state index contributed by atoms with van der Waals surface area (Å²) in [5.41, 5.74) is 3.77. The van der Waals surface area contributed by atoms with E-state index in [0.29, 0.717) is 29.9 Å². The molecule has 6 nitrogen and oxygen atoms in total. The van der Waals surface area contributed by atoms with Crippen molar-refractivity contribution in [2.45, 2.75) is 19.4 Å². The molecule has 3 heterocycles. The summed E-state index contributed by atoms with van der Waals surface area (Å²) in [6.45, 7) is 2.55. The van der Waals surface area contributed by atoms with Crippen LogP contribution in [0.2, 0.25) is 0 Å². The molecule has 1 atom stereocenters. The minimum atomic E-state index is -0.123. The number of fused-ring (bicyclic) bond motifs is 2. The van der Waals surface area contributed by atoms with Gasteiger partial charge >= 0.3 is 0 Å².